The molecule has 2 aromatic heterocycles. The summed E-state index contributed by atoms with van der Waals surface area (Å²) in [5.41, 5.74) is 1.79. The number of aryl methyl sites for hydroxylation is 2. The zero-order chi connectivity index (χ0) is 18.2. The fraction of sp³-hybridized carbons (Fsp3) is 0.333. The average molecular weight is 344 g/mol. The molecule has 25 heavy (non-hydrogen) atoms. The van der Waals surface area contributed by atoms with Crippen molar-refractivity contribution in [1.82, 2.24) is 20.1 Å². The number of nitrogens with zero attached hydrogens (tertiary/aromatic N) is 2. The number of amides is 1. The molecule has 7 heteroatoms. The number of benzene rings is 1. The molecule has 6 nitrogen and oxygen atoms in total. The molecule has 1 unspecified atom stereocenters. The van der Waals surface area contributed by atoms with E-state index in [2.05, 4.69) is 15.4 Å². The monoisotopic (exact) mass is 344 g/mol. The van der Waals surface area contributed by atoms with Gasteiger partial charge in [0.25, 0.3) is 0 Å². The number of fused-ring (bicyclic) bond motifs is 1. The van der Waals surface area contributed by atoms with Crippen LogP contribution in [-0.4, -0.2) is 32.3 Å². The minimum Gasteiger partial charge on any atom is -0.383 e. The largest absolute Gasteiger partial charge is 0.383 e. The summed E-state index contributed by atoms with van der Waals surface area (Å²) in [7, 11) is 1.76. The second kappa shape index (κ2) is 6.33. The Hall–Kier alpha value is -2.67. The number of rotatable bonds is 5. The number of hydrogen-bond donors (Lipinski definition) is 3. The van der Waals surface area contributed by atoms with E-state index in [1.807, 2.05) is 6.92 Å². The van der Waals surface area contributed by atoms with E-state index in [1.165, 1.54) is 12.1 Å². The third-order valence-electron chi connectivity index (χ3n) is 4.38. The van der Waals surface area contributed by atoms with E-state index in [9.17, 15) is 14.3 Å². The van der Waals surface area contributed by atoms with Gasteiger partial charge in [-0.2, -0.15) is 5.10 Å². The van der Waals surface area contributed by atoms with Gasteiger partial charge in [0.05, 0.1) is 19.2 Å². The number of nitrogens with one attached hydrogen (secondary N) is 2. The quantitative estimate of drug-likeness (QED) is 0.661. The van der Waals surface area contributed by atoms with E-state index in [1.54, 1.807) is 37.1 Å². The lowest BCUT2D eigenvalue weighted by Gasteiger charge is -2.22. The molecule has 0 aliphatic carbocycles. The van der Waals surface area contributed by atoms with Gasteiger partial charge >= 0.3 is 0 Å². The molecule has 3 aromatic rings. The average Bonchev–Trinajstić information content (AvgIpc) is 3.11. The fourth-order valence-electron chi connectivity index (χ4n) is 2.88. The summed E-state index contributed by atoms with van der Waals surface area (Å²) < 4.78 is 15.1. The van der Waals surface area contributed by atoms with Crippen molar-refractivity contribution in [2.45, 2.75) is 25.9 Å². The Morgan fingerprint density at radius 1 is 1.48 bits per heavy atom. The number of halogens is 1. The topological polar surface area (TPSA) is 82.9 Å². The van der Waals surface area contributed by atoms with Crippen molar-refractivity contribution in [2.24, 2.45) is 7.05 Å². The van der Waals surface area contributed by atoms with Crippen LogP contribution >= 0.6 is 0 Å². The van der Waals surface area contributed by atoms with Crippen molar-refractivity contribution in [3.05, 3.63) is 53.2 Å². The molecule has 0 fully saturated rings. The number of H-pyrrole nitrogens is 1. The van der Waals surface area contributed by atoms with Gasteiger partial charge in [0.1, 0.15) is 11.4 Å². The summed E-state index contributed by atoms with van der Waals surface area (Å²) in [6, 6.07) is 4.47. The molecule has 3 N–H and O–H groups in total. The molecular weight excluding hydrogens is 323 g/mol. The van der Waals surface area contributed by atoms with Crippen LogP contribution < -0.4 is 5.32 Å². The van der Waals surface area contributed by atoms with E-state index in [0.29, 0.717) is 10.9 Å². The van der Waals surface area contributed by atoms with Crippen LogP contribution in [0.5, 0.6) is 0 Å². The van der Waals surface area contributed by atoms with Gasteiger partial charge in [-0.1, -0.05) is 0 Å². The van der Waals surface area contributed by atoms with Gasteiger partial charge in [-0.15, -0.1) is 0 Å². The van der Waals surface area contributed by atoms with Gasteiger partial charge < -0.3 is 15.4 Å². The first-order valence-electron chi connectivity index (χ1n) is 8.01. The summed E-state index contributed by atoms with van der Waals surface area (Å²) in [6.07, 6.45) is 3.38. The Bertz CT molecular complexity index is 926. The minimum absolute atomic E-state index is 0.0628. The highest BCUT2D eigenvalue weighted by molar-refractivity contribution is 5.90. The van der Waals surface area contributed by atoms with Crippen molar-refractivity contribution in [2.75, 3.05) is 6.54 Å². The number of carbonyl (C=O) groups excluding carboxylic acids is 1. The van der Waals surface area contributed by atoms with Gasteiger partial charge in [0.15, 0.2) is 0 Å². The molecule has 132 valence electrons. The van der Waals surface area contributed by atoms with Crippen LogP contribution in [-0.2, 0) is 23.9 Å². The molecule has 0 aliphatic heterocycles. The maximum atomic E-state index is 13.5. The van der Waals surface area contributed by atoms with Crippen LogP contribution in [0.2, 0.25) is 0 Å². The first-order valence-corrected chi connectivity index (χ1v) is 8.01. The van der Waals surface area contributed by atoms with Crippen LogP contribution in [0.3, 0.4) is 0 Å². The first kappa shape index (κ1) is 17.2. The third-order valence-corrected chi connectivity index (χ3v) is 4.38. The molecule has 0 saturated heterocycles. The lowest BCUT2D eigenvalue weighted by Crippen LogP contribution is -2.39. The molecule has 0 spiro atoms. The van der Waals surface area contributed by atoms with Crippen LogP contribution in [0.4, 0.5) is 4.39 Å². The van der Waals surface area contributed by atoms with Gasteiger partial charge in [-0.25, -0.2) is 4.39 Å². The summed E-state index contributed by atoms with van der Waals surface area (Å²) in [5.74, 6) is -0.579. The van der Waals surface area contributed by atoms with E-state index in [4.69, 9.17) is 0 Å². The zero-order valence-electron chi connectivity index (χ0n) is 14.4. The van der Waals surface area contributed by atoms with E-state index in [0.717, 1.165) is 16.8 Å². The molecule has 1 aromatic carbocycles. The first-order chi connectivity index (χ1) is 11.8. The number of aromatic nitrogens is 3. The lowest BCUT2D eigenvalue weighted by atomic mass is 9.99. The number of aromatic amines is 1. The van der Waals surface area contributed by atoms with Crippen molar-refractivity contribution < 1.29 is 14.3 Å². The summed E-state index contributed by atoms with van der Waals surface area (Å²) >= 11 is 0. The van der Waals surface area contributed by atoms with Gasteiger partial charge in [0, 0.05) is 35.4 Å². The van der Waals surface area contributed by atoms with Crippen molar-refractivity contribution >= 4 is 16.8 Å². The highest BCUT2D eigenvalue weighted by Gasteiger charge is 2.25. The van der Waals surface area contributed by atoms with Gasteiger partial charge in [-0.3, -0.25) is 9.48 Å². The second-order valence-electron chi connectivity index (χ2n) is 6.55. The molecular formula is C18H21FN4O2. The highest BCUT2D eigenvalue weighted by atomic mass is 19.1. The Morgan fingerprint density at radius 3 is 2.92 bits per heavy atom. The fourth-order valence-corrected chi connectivity index (χ4v) is 2.88. The maximum absolute atomic E-state index is 13.5. The van der Waals surface area contributed by atoms with Crippen LogP contribution in [0.15, 0.2) is 30.6 Å². The smallest absolute Gasteiger partial charge is 0.224 e. The van der Waals surface area contributed by atoms with Crippen molar-refractivity contribution in [1.29, 1.82) is 0 Å². The predicted molar refractivity (Wildman–Crippen MR) is 92.5 cm³/mol. The predicted octanol–water partition coefficient (Wildman–Crippen LogP) is 1.92. The zero-order valence-corrected chi connectivity index (χ0v) is 14.4. The normalized spacial score (nSPS) is 13.8. The standard InChI is InChI=1S/C18H21FN4O2/c1-11-14(15-6-13(19)4-5-16(15)22-11)7-17(24)20-10-18(2,25)12-8-21-23(3)9-12/h4-6,8-9,22,25H,7,10H2,1-3H3,(H,20,24). The Balaban J connectivity index is 1.71. The van der Waals surface area contributed by atoms with E-state index in [-0.39, 0.29) is 24.7 Å². The molecule has 0 radical (unpaired) electrons. The maximum Gasteiger partial charge on any atom is 0.224 e. The SMILES string of the molecule is Cc1[nH]c2ccc(F)cc2c1CC(=O)NCC(C)(O)c1cnn(C)c1. The minimum atomic E-state index is -1.22. The number of aliphatic hydroxyl groups is 1. The van der Waals surface area contributed by atoms with Crippen LogP contribution in [0.1, 0.15) is 23.7 Å². The molecule has 1 atom stereocenters. The van der Waals surface area contributed by atoms with Crippen molar-refractivity contribution in [3.63, 3.8) is 0 Å². The number of hydrogen-bond acceptors (Lipinski definition) is 3. The Morgan fingerprint density at radius 2 is 2.24 bits per heavy atom. The molecule has 0 aliphatic rings. The van der Waals surface area contributed by atoms with Gasteiger partial charge in [0.2, 0.25) is 5.91 Å². The lowest BCUT2D eigenvalue weighted by molar-refractivity contribution is -0.121. The summed E-state index contributed by atoms with van der Waals surface area (Å²) in [5, 5.41) is 18.0. The second-order valence-corrected chi connectivity index (χ2v) is 6.55. The molecule has 0 bridgehead atoms. The summed E-state index contributed by atoms with van der Waals surface area (Å²) in [6.45, 7) is 3.54. The van der Waals surface area contributed by atoms with Gasteiger partial charge in [-0.05, 0) is 37.6 Å². The molecule has 2 heterocycles. The highest BCUT2D eigenvalue weighted by Crippen LogP contribution is 2.24. The van der Waals surface area contributed by atoms with Crippen LogP contribution in [0.25, 0.3) is 10.9 Å². The third kappa shape index (κ3) is 3.56. The van der Waals surface area contributed by atoms with Crippen molar-refractivity contribution in [3.8, 4) is 0 Å². The van der Waals surface area contributed by atoms with E-state index < -0.39 is 5.60 Å². The molecule has 3 rings (SSSR count). The molecule has 0 saturated carbocycles. The number of carbonyl (C=O) groups is 1. The summed E-state index contributed by atoms with van der Waals surface area (Å²) in [4.78, 5) is 15.5. The Kier molecular flexibility index (Phi) is 4.34. The van der Waals surface area contributed by atoms with Crippen LogP contribution in [0, 0.1) is 12.7 Å². The molecule has 1 amide bonds. The van der Waals surface area contributed by atoms with E-state index >= 15 is 0 Å². The Labute approximate surface area is 144 Å².